The number of hydrogen-bond acceptors (Lipinski definition) is 4. The molecule has 5 heteroatoms. The van der Waals surface area contributed by atoms with Crippen LogP contribution in [-0.2, 0) is 12.8 Å². The highest BCUT2D eigenvalue weighted by Crippen LogP contribution is 2.15. The molecule has 0 spiro atoms. The van der Waals surface area contributed by atoms with E-state index in [4.69, 9.17) is 0 Å². The molecule has 0 aliphatic carbocycles. The lowest BCUT2D eigenvalue weighted by Gasteiger charge is -2.27. The molecular formula is C19H26N2O2S. The molecule has 0 radical (unpaired) electrons. The maximum atomic E-state index is 10.7. The molecule has 1 heterocycles. The van der Waals surface area contributed by atoms with Crippen molar-refractivity contribution in [3.63, 3.8) is 0 Å². The second kappa shape index (κ2) is 9.55. The third-order valence-electron chi connectivity index (χ3n) is 4.45. The Morgan fingerprint density at radius 1 is 1.17 bits per heavy atom. The smallest absolute Gasteiger partial charge is 0.269 e. The Hall–Kier alpha value is -1.72. The zero-order chi connectivity index (χ0) is 17.4. The van der Waals surface area contributed by atoms with Crippen molar-refractivity contribution < 1.29 is 4.92 Å². The number of likely N-dealkylation sites (N-methyl/N-ethyl adjacent to an activating group) is 1. The van der Waals surface area contributed by atoms with Crippen molar-refractivity contribution in [2.75, 3.05) is 13.1 Å². The van der Waals surface area contributed by atoms with Gasteiger partial charge in [-0.15, -0.1) is 0 Å². The van der Waals surface area contributed by atoms with Crippen molar-refractivity contribution in [2.45, 2.75) is 45.6 Å². The molecule has 130 valence electrons. The predicted octanol–water partition coefficient (Wildman–Crippen LogP) is 4.93. The van der Waals surface area contributed by atoms with Crippen LogP contribution < -0.4 is 0 Å². The summed E-state index contributed by atoms with van der Waals surface area (Å²) in [5, 5.41) is 15.0. The molecule has 24 heavy (non-hydrogen) atoms. The zero-order valence-corrected chi connectivity index (χ0v) is 15.3. The molecule has 1 aromatic heterocycles. The number of hydrogen-bond donors (Lipinski definition) is 0. The first-order chi connectivity index (χ1) is 11.6. The summed E-state index contributed by atoms with van der Waals surface area (Å²) in [6, 6.07) is 9.70. The Bertz CT molecular complexity index is 611. The third-order valence-corrected chi connectivity index (χ3v) is 5.18. The summed E-state index contributed by atoms with van der Waals surface area (Å²) < 4.78 is 0. The van der Waals surface area contributed by atoms with Gasteiger partial charge < -0.3 is 4.90 Å². The van der Waals surface area contributed by atoms with E-state index in [0.717, 1.165) is 38.8 Å². The number of benzene rings is 1. The Kier molecular flexibility index (Phi) is 7.40. The SMILES string of the molecule is CCN(CCCCc1ccc([N+](=O)[O-])cc1)C(C)Cc1ccsc1. The van der Waals surface area contributed by atoms with E-state index in [0.29, 0.717) is 6.04 Å². The fraction of sp³-hybridized carbons (Fsp3) is 0.474. The van der Waals surface area contributed by atoms with Gasteiger partial charge in [-0.1, -0.05) is 19.1 Å². The molecule has 2 aromatic rings. The van der Waals surface area contributed by atoms with Gasteiger partial charge >= 0.3 is 0 Å². The van der Waals surface area contributed by atoms with E-state index in [1.165, 1.54) is 11.1 Å². The second-order valence-electron chi connectivity index (χ2n) is 6.19. The summed E-state index contributed by atoms with van der Waals surface area (Å²) in [5.41, 5.74) is 2.77. The lowest BCUT2D eigenvalue weighted by molar-refractivity contribution is -0.384. The van der Waals surface area contributed by atoms with E-state index in [9.17, 15) is 10.1 Å². The summed E-state index contributed by atoms with van der Waals surface area (Å²) in [5.74, 6) is 0. The van der Waals surface area contributed by atoms with Gasteiger partial charge in [0.1, 0.15) is 0 Å². The second-order valence-corrected chi connectivity index (χ2v) is 6.97. The van der Waals surface area contributed by atoms with Gasteiger partial charge in [0.15, 0.2) is 0 Å². The summed E-state index contributed by atoms with van der Waals surface area (Å²) in [7, 11) is 0. The van der Waals surface area contributed by atoms with Crippen molar-refractivity contribution in [1.29, 1.82) is 0 Å². The van der Waals surface area contributed by atoms with Gasteiger partial charge in [0.05, 0.1) is 4.92 Å². The predicted molar refractivity (Wildman–Crippen MR) is 101 cm³/mol. The van der Waals surface area contributed by atoms with Crippen LogP contribution in [0.15, 0.2) is 41.1 Å². The minimum Gasteiger partial charge on any atom is -0.301 e. The van der Waals surface area contributed by atoms with Crippen LogP contribution in [0.2, 0.25) is 0 Å². The van der Waals surface area contributed by atoms with Crippen molar-refractivity contribution >= 4 is 17.0 Å². The Morgan fingerprint density at radius 2 is 1.92 bits per heavy atom. The molecule has 1 atom stereocenters. The van der Waals surface area contributed by atoms with E-state index in [1.807, 2.05) is 12.1 Å². The van der Waals surface area contributed by atoms with E-state index in [2.05, 4.69) is 35.6 Å². The monoisotopic (exact) mass is 346 g/mol. The van der Waals surface area contributed by atoms with E-state index < -0.39 is 0 Å². The number of non-ortho nitro benzene ring substituents is 1. The summed E-state index contributed by atoms with van der Waals surface area (Å²) in [6.45, 7) is 6.70. The van der Waals surface area contributed by atoms with Crippen molar-refractivity contribution in [1.82, 2.24) is 4.90 Å². The molecule has 0 fully saturated rings. The summed E-state index contributed by atoms with van der Waals surface area (Å²) in [6.07, 6.45) is 4.35. The van der Waals surface area contributed by atoms with Gasteiger partial charge in [-0.25, -0.2) is 0 Å². The number of thiophene rings is 1. The van der Waals surface area contributed by atoms with E-state index in [1.54, 1.807) is 23.5 Å². The molecule has 0 aliphatic heterocycles. The average molecular weight is 346 g/mol. The Balaban J connectivity index is 1.72. The standard InChI is InChI=1S/C19H26N2O2S/c1-3-20(16(2)14-18-11-13-24-15-18)12-5-4-6-17-7-9-19(10-8-17)21(22)23/h7-11,13,15-16H,3-6,12,14H2,1-2H3. The van der Waals surface area contributed by atoms with E-state index in [-0.39, 0.29) is 10.6 Å². The molecule has 2 rings (SSSR count). The van der Waals surface area contributed by atoms with Crippen LogP contribution in [-0.4, -0.2) is 29.0 Å². The first kappa shape index (κ1) is 18.6. The van der Waals surface area contributed by atoms with Gasteiger partial charge in [0, 0.05) is 18.2 Å². The summed E-state index contributed by atoms with van der Waals surface area (Å²) in [4.78, 5) is 12.8. The molecule has 1 aromatic carbocycles. The average Bonchev–Trinajstić information content (AvgIpc) is 3.08. The minimum atomic E-state index is -0.349. The molecule has 0 aliphatic rings. The summed E-state index contributed by atoms with van der Waals surface area (Å²) >= 11 is 1.76. The van der Waals surface area contributed by atoms with Crippen molar-refractivity contribution in [2.24, 2.45) is 0 Å². The number of nitro benzene ring substituents is 1. The van der Waals surface area contributed by atoms with Crippen LogP contribution in [0.1, 0.15) is 37.8 Å². The molecule has 4 nitrogen and oxygen atoms in total. The van der Waals surface area contributed by atoms with Crippen molar-refractivity contribution in [3.8, 4) is 0 Å². The lowest BCUT2D eigenvalue weighted by Crippen LogP contribution is -2.35. The molecule has 0 bridgehead atoms. The molecule has 0 saturated carbocycles. The Morgan fingerprint density at radius 3 is 2.50 bits per heavy atom. The van der Waals surface area contributed by atoms with Gasteiger partial charge in [-0.2, -0.15) is 11.3 Å². The number of aryl methyl sites for hydroxylation is 1. The highest BCUT2D eigenvalue weighted by molar-refractivity contribution is 7.07. The number of nitro groups is 1. The number of rotatable bonds is 10. The van der Waals surface area contributed by atoms with Crippen molar-refractivity contribution in [3.05, 3.63) is 62.3 Å². The molecular weight excluding hydrogens is 320 g/mol. The van der Waals surface area contributed by atoms with Crippen LogP contribution in [0.3, 0.4) is 0 Å². The normalized spacial score (nSPS) is 12.5. The van der Waals surface area contributed by atoms with Crippen LogP contribution in [0.5, 0.6) is 0 Å². The van der Waals surface area contributed by atoms with Crippen LogP contribution in [0.4, 0.5) is 5.69 Å². The Labute approximate surface area is 148 Å². The highest BCUT2D eigenvalue weighted by atomic mass is 32.1. The lowest BCUT2D eigenvalue weighted by atomic mass is 10.1. The van der Waals surface area contributed by atoms with Gasteiger partial charge in [0.25, 0.3) is 5.69 Å². The molecule has 0 amide bonds. The largest absolute Gasteiger partial charge is 0.301 e. The maximum absolute atomic E-state index is 10.7. The first-order valence-corrected chi connectivity index (χ1v) is 9.53. The molecule has 0 N–H and O–H groups in total. The zero-order valence-electron chi connectivity index (χ0n) is 14.5. The molecule has 0 saturated heterocycles. The van der Waals surface area contributed by atoms with Gasteiger partial charge in [0.2, 0.25) is 0 Å². The van der Waals surface area contributed by atoms with Gasteiger partial charge in [-0.05, 0) is 73.6 Å². The quantitative estimate of drug-likeness (QED) is 0.348. The fourth-order valence-corrected chi connectivity index (χ4v) is 3.68. The fourth-order valence-electron chi connectivity index (χ4n) is 3.00. The third kappa shape index (κ3) is 5.73. The highest BCUT2D eigenvalue weighted by Gasteiger charge is 2.12. The number of unbranched alkanes of at least 4 members (excludes halogenated alkanes) is 1. The topological polar surface area (TPSA) is 46.4 Å². The first-order valence-electron chi connectivity index (χ1n) is 8.58. The van der Waals surface area contributed by atoms with Gasteiger partial charge in [-0.3, -0.25) is 10.1 Å². The molecule has 1 unspecified atom stereocenters. The van der Waals surface area contributed by atoms with Crippen LogP contribution >= 0.6 is 11.3 Å². The maximum Gasteiger partial charge on any atom is 0.269 e. The number of nitrogens with zero attached hydrogens (tertiary/aromatic N) is 2. The van der Waals surface area contributed by atoms with E-state index >= 15 is 0 Å². The van der Waals surface area contributed by atoms with Crippen LogP contribution in [0.25, 0.3) is 0 Å². The van der Waals surface area contributed by atoms with Crippen LogP contribution in [0, 0.1) is 10.1 Å². The minimum absolute atomic E-state index is 0.165.